The van der Waals surface area contributed by atoms with Crippen molar-refractivity contribution in [3.05, 3.63) is 23.8 Å². The number of piperidine rings is 1. The summed E-state index contributed by atoms with van der Waals surface area (Å²) in [6, 6.07) is 5.59. The Balaban J connectivity index is 1.70. The van der Waals surface area contributed by atoms with Gasteiger partial charge in [-0.15, -0.1) is 0 Å². The van der Waals surface area contributed by atoms with Gasteiger partial charge in [-0.05, 0) is 48.9 Å². The molecule has 1 aliphatic rings. The highest BCUT2D eigenvalue weighted by atomic mass is 16.5. The number of nitrogens with one attached hydrogen (secondary N) is 1. The van der Waals surface area contributed by atoms with Crippen LogP contribution < -0.4 is 14.8 Å². The molecule has 1 aromatic rings. The van der Waals surface area contributed by atoms with Gasteiger partial charge in [0, 0.05) is 19.6 Å². The van der Waals surface area contributed by atoms with Crippen molar-refractivity contribution in [3.63, 3.8) is 0 Å². The van der Waals surface area contributed by atoms with E-state index in [1.54, 1.807) is 14.2 Å². The van der Waals surface area contributed by atoms with Crippen LogP contribution in [0.25, 0.3) is 0 Å². The van der Waals surface area contributed by atoms with Crippen LogP contribution in [0.2, 0.25) is 0 Å². The van der Waals surface area contributed by atoms with Crippen LogP contribution in [0.3, 0.4) is 0 Å². The van der Waals surface area contributed by atoms with Crippen LogP contribution in [0, 0.1) is 11.8 Å². The Morgan fingerprint density at radius 3 is 2.48 bits per heavy atom. The quantitative estimate of drug-likeness (QED) is 0.734. The predicted octanol–water partition coefficient (Wildman–Crippen LogP) is 2.73. The average Bonchev–Trinajstić information content (AvgIpc) is 2.57. The maximum atomic E-state index is 12.1. The monoisotopic (exact) mass is 348 g/mol. The lowest BCUT2D eigenvalue weighted by molar-refractivity contribution is -0.120. The van der Waals surface area contributed by atoms with E-state index in [1.165, 1.54) is 19.5 Å². The van der Waals surface area contributed by atoms with Crippen LogP contribution in [-0.2, 0) is 11.2 Å². The van der Waals surface area contributed by atoms with Gasteiger partial charge in [-0.1, -0.05) is 19.9 Å². The summed E-state index contributed by atoms with van der Waals surface area (Å²) in [6.07, 6.45) is 2.69. The fourth-order valence-electron chi connectivity index (χ4n) is 3.74. The molecule has 1 heterocycles. The summed E-state index contributed by atoms with van der Waals surface area (Å²) in [5.41, 5.74) is 0.925. The van der Waals surface area contributed by atoms with E-state index in [9.17, 15) is 4.79 Å². The van der Waals surface area contributed by atoms with E-state index in [-0.39, 0.29) is 5.91 Å². The molecule has 0 aliphatic carbocycles. The zero-order chi connectivity index (χ0) is 18.2. The minimum absolute atomic E-state index is 0.0487. The maximum Gasteiger partial charge on any atom is 0.224 e. The van der Waals surface area contributed by atoms with Crippen LogP contribution in [-0.4, -0.2) is 51.2 Å². The van der Waals surface area contributed by atoms with Crippen molar-refractivity contribution in [1.29, 1.82) is 0 Å². The van der Waals surface area contributed by atoms with Gasteiger partial charge in [0.1, 0.15) is 0 Å². The van der Waals surface area contributed by atoms with Gasteiger partial charge in [0.25, 0.3) is 0 Å². The van der Waals surface area contributed by atoms with Crippen LogP contribution >= 0.6 is 0 Å². The number of carbonyl (C=O) groups is 1. The molecular formula is C20H32N2O3. The smallest absolute Gasteiger partial charge is 0.224 e. The van der Waals surface area contributed by atoms with Crippen LogP contribution in [0.15, 0.2) is 18.2 Å². The number of carbonyl (C=O) groups excluding carboxylic acids is 1. The highest BCUT2D eigenvalue weighted by molar-refractivity contribution is 5.78. The molecule has 5 heteroatoms. The third-order valence-corrected chi connectivity index (χ3v) is 4.73. The van der Waals surface area contributed by atoms with Crippen LogP contribution in [0.1, 0.15) is 32.3 Å². The fraction of sp³-hybridized carbons (Fsp3) is 0.650. The van der Waals surface area contributed by atoms with Crippen molar-refractivity contribution in [2.75, 3.05) is 40.4 Å². The molecule has 1 amide bonds. The van der Waals surface area contributed by atoms with E-state index in [0.29, 0.717) is 17.9 Å². The molecule has 0 spiro atoms. The molecule has 0 saturated carbocycles. The molecule has 1 saturated heterocycles. The molecule has 1 fully saturated rings. The lowest BCUT2D eigenvalue weighted by Crippen LogP contribution is -2.40. The van der Waals surface area contributed by atoms with Gasteiger partial charge in [0.05, 0.1) is 20.6 Å². The summed E-state index contributed by atoms with van der Waals surface area (Å²) in [5, 5.41) is 3.02. The lowest BCUT2D eigenvalue weighted by Gasteiger charge is -2.34. The number of benzene rings is 1. The highest BCUT2D eigenvalue weighted by Crippen LogP contribution is 2.27. The molecule has 140 valence electrons. The molecule has 1 N–H and O–H groups in total. The topological polar surface area (TPSA) is 50.8 Å². The molecular weight excluding hydrogens is 316 g/mol. The number of hydrogen-bond donors (Lipinski definition) is 1. The molecule has 0 aromatic heterocycles. The number of nitrogens with zero attached hydrogens (tertiary/aromatic N) is 1. The number of amides is 1. The summed E-state index contributed by atoms with van der Waals surface area (Å²) in [6.45, 7) is 8.81. The molecule has 1 aromatic carbocycles. The molecule has 0 radical (unpaired) electrons. The summed E-state index contributed by atoms with van der Waals surface area (Å²) < 4.78 is 10.5. The summed E-state index contributed by atoms with van der Waals surface area (Å²) >= 11 is 0. The van der Waals surface area contributed by atoms with E-state index < -0.39 is 0 Å². The summed E-state index contributed by atoms with van der Waals surface area (Å²) in [7, 11) is 3.21. The second kappa shape index (κ2) is 9.66. The zero-order valence-corrected chi connectivity index (χ0v) is 16.0. The largest absolute Gasteiger partial charge is 0.493 e. The van der Waals surface area contributed by atoms with E-state index in [4.69, 9.17) is 9.47 Å². The average molecular weight is 348 g/mol. The van der Waals surface area contributed by atoms with E-state index >= 15 is 0 Å². The second-order valence-corrected chi connectivity index (χ2v) is 7.28. The van der Waals surface area contributed by atoms with E-state index in [0.717, 1.165) is 36.9 Å². The number of likely N-dealkylation sites (tertiary alicyclic amines) is 1. The van der Waals surface area contributed by atoms with Crippen molar-refractivity contribution in [2.24, 2.45) is 11.8 Å². The Bertz CT molecular complexity index is 552. The first-order valence-electron chi connectivity index (χ1n) is 9.21. The first kappa shape index (κ1) is 19.6. The van der Waals surface area contributed by atoms with Crippen molar-refractivity contribution >= 4 is 5.91 Å². The molecule has 0 unspecified atom stereocenters. The van der Waals surface area contributed by atoms with Gasteiger partial charge < -0.3 is 19.7 Å². The molecule has 2 atom stereocenters. The third kappa shape index (κ3) is 6.24. The van der Waals surface area contributed by atoms with Crippen molar-refractivity contribution in [3.8, 4) is 11.5 Å². The second-order valence-electron chi connectivity index (χ2n) is 7.28. The van der Waals surface area contributed by atoms with Gasteiger partial charge in [-0.25, -0.2) is 0 Å². The van der Waals surface area contributed by atoms with Gasteiger partial charge in [-0.3, -0.25) is 4.79 Å². The lowest BCUT2D eigenvalue weighted by atomic mass is 9.92. The Kier molecular flexibility index (Phi) is 7.56. The number of rotatable bonds is 8. The molecule has 2 rings (SSSR count). The maximum absolute atomic E-state index is 12.1. The zero-order valence-electron chi connectivity index (χ0n) is 16.0. The highest BCUT2D eigenvalue weighted by Gasteiger charge is 2.21. The minimum atomic E-state index is 0.0487. The number of ether oxygens (including phenoxy) is 2. The first-order chi connectivity index (χ1) is 12.0. The Hall–Kier alpha value is -1.75. The molecule has 25 heavy (non-hydrogen) atoms. The minimum Gasteiger partial charge on any atom is -0.493 e. The van der Waals surface area contributed by atoms with Gasteiger partial charge in [-0.2, -0.15) is 0 Å². The number of hydrogen-bond acceptors (Lipinski definition) is 4. The molecule has 5 nitrogen and oxygen atoms in total. The van der Waals surface area contributed by atoms with E-state index in [1.807, 2.05) is 18.2 Å². The Morgan fingerprint density at radius 2 is 1.84 bits per heavy atom. The normalized spacial score (nSPS) is 21.0. The first-order valence-corrected chi connectivity index (χ1v) is 9.21. The Labute approximate surface area is 151 Å². The standard InChI is InChI=1S/C20H32N2O3/c1-15-10-16(2)14-22(13-15)9-5-8-21-20(23)12-17-6-7-18(24-3)19(11-17)25-4/h6-7,11,15-16H,5,8-10,12-14H2,1-4H3,(H,21,23)/t15-,16-/m1/s1. The van der Waals surface area contributed by atoms with E-state index in [2.05, 4.69) is 24.1 Å². The fourth-order valence-corrected chi connectivity index (χ4v) is 3.74. The SMILES string of the molecule is COc1ccc(CC(=O)NCCCN2C[C@H](C)C[C@@H](C)C2)cc1OC. The van der Waals surface area contributed by atoms with Gasteiger partial charge in [0.15, 0.2) is 11.5 Å². The van der Waals surface area contributed by atoms with Crippen molar-refractivity contribution in [1.82, 2.24) is 10.2 Å². The van der Waals surface area contributed by atoms with Crippen LogP contribution in [0.5, 0.6) is 11.5 Å². The molecule has 1 aliphatic heterocycles. The summed E-state index contributed by atoms with van der Waals surface area (Å²) in [4.78, 5) is 14.7. The summed E-state index contributed by atoms with van der Waals surface area (Å²) in [5.74, 6) is 2.94. The van der Waals surface area contributed by atoms with Crippen molar-refractivity contribution < 1.29 is 14.3 Å². The van der Waals surface area contributed by atoms with Gasteiger partial charge in [0.2, 0.25) is 5.91 Å². The van der Waals surface area contributed by atoms with Gasteiger partial charge >= 0.3 is 0 Å². The number of methoxy groups -OCH3 is 2. The van der Waals surface area contributed by atoms with Crippen molar-refractivity contribution in [2.45, 2.75) is 33.1 Å². The third-order valence-electron chi connectivity index (χ3n) is 4.73. The molecule has 0 bridgehead atoms. The predicted molar refractivity (Wildman–Crippen MR) is 100 cm³/mol. The van der Waals surface area contributed by atoms with Crippen LogP contribution in [0.4, 0.5) is 0 Å². The Morgan fingerprint density at radius 1 is 1.16 bits per heavy atom.